The number of likely N-dealkylation sites (tertiary alicyclic amines) is 4. The van der Waals surface area contributed by atoms with Gasteiger partial charge in [0.1, 0.15) is 85.4 Å². The van der Waals surface area contributed by atoms with E-state index in [2.05, 4.69) is 98.2 Å². The lowest BCUT2D eigenvalue weighted by Gasteiger charge is -2.36. The lowest BCUT2D eigenvalue weighted by Crippen LogP contribution is -2.57. The van der Waals surface area contributed by atoms with Crippen molar-refractivity contribution in [3.05, 3.63) is 151 Å². The van der Waals surface area contributed by atoms with Crippen LogP contribution in [-0.4, -0.2) is 268 Å². The second-order valence-electron chi connectivity index (χ2n) is 39.9. The number of nitrogens with zero attached hydrogens (tertiary/aromatic N) is 11. The Balaban J connectivity index is 0.000000156. The minimum absolute atomic E-state index is 0.0701. The number of pyridine rings is 1. The second-order valence-corrected chi connectivity index (χ2v) is 42.4. The van der Waals surface area contributed by atoms with Crippen molar-refractivity contribution >= 4 is 126 Å². The summed E-state index contributed by atoms with van der Waals surface area (Å²) in [6.07, 6.45) is 24.2. The van der Waals surface area contributed by atoms with Crippen LogP contribution in [0.1, 0.15) is 207 Å². The molecule has 4 aliphatic heterocycles. The number of H-pyrrole nitrogens is 1. The van der Waals surface area contributed by atoms with Gasteiger partial charge in [-0.2, -0.15) is 5.10 Å². The number of hydrogen-bond acceptors (Lipinski definition) is 27. The van der Waals surface area contributed by atoms with Gasteiger partial charge in [0, 0.05) is 83.4 Å². The molecule has 17 rings (SSSR count). The van der Waals surface area contributed by atoms with Gasteiger partial charge < -0.3 is 88.5 Å². The number of amides is 12. The van der Waals surface area contributed by atoms with Gasteiger partial charge in [-0.1, -0.05) is 212 Å². The first-order valence-corrected chi connectivity index (χ1v) is 55.0. The van der Waals surface area contributed by atoms with Gasteiger partial charge in [0.05, 0.1) is 36.0 Å². The zero-order chi connectivity index (χ0) is 105. The van der Waals surface area contributed by atoms with E-state index in [0.29, 0.717) is 139 Å². The molecule has 148 heavy (non-hydrogen) atoms. The van der Waals surface area contributed by atoms with Crippen molar-refractivity contribution in [1.82, 2.24) is 101 Å². The molecule has 40 heteroatoms. The Labute approximate surface area is 877 Å². The van der Waals surface area contributed by atoms with Crippen LogP contribution >= 0.6 is 34.4 Å². The van der Waals surface area contributed by atoms with Crippen LogP contribution in [0.2, 0.25) is 0 Å². The maximum atomic E-state index is 14.0. The summed E-state index contributed by atoms with van der Waals surface area (Å²) in [5, 5.41) is 63.7. The molecule has 0 unspecified atom stereocenters. The van der Waals surface area contributed by atoms with E-state index < -0.39 is 72.5 Å². The predicted octanol–water partition coefficient (Wildman–Crippen LogP) is 12.0. The molecule has 14 N–H and O–H groups in total. The lowest BCUT2D eigenvalue weighted by molar-refractivity contribution is -0.142. The number of likely N-dealkylation sites (N-methyl/N-ethyl adjacent to an activating group) is 4. The maximum absolute atomic E-state index is 14.0. The first kappa shape index (κ1) is 111. The van der Waals surface area contributed by atoms with Crippen LogP contribution in [0.15, 0.2) is 146 Å². The van der Waals surface area contributed by atoms with Crippen molar-refractivity contribution in [2.75, 3.05) is 75.6 Å². The van der Waals surface area contributed by atoms with E-state index >= 15 is 0 Å². The SMILES string of the molecule is CN[C@@H](C)C(=O)N[C@@H](CC1CCCC1)C(=O)N1CCC[C@H]1C(=O)Nc1snnc1-c1ccccc1.CN[C@@H](C)C(=O)N[C@H](C(=O)N1CCC[C@H]1C(=O)Nc1n[nH]c(C)c1-c1ccccc1)C1CCCCC1.CN[C@@H](C)C(=O)N[C@H](C(=O)N1CCC[C@H]1C(=O)Nc1sc(-c2ccccn2)nc1-c1ccccc1)C1CCCCC1.CN[C@@H](C)C(=O)N[C@H](C(=O)N1CCC[C@H]1C(=O)Nc1snnc1-c1ccccc1)C1CCC(O)CC1. The molecule has 8 aliphatic rings. The van der Waals surface area contributed by atoms with Gasteiger partial charge in [-0.05, 0) is 213 Å². The van der Waals surface area contributed by atoms with Crippen LogP contribution in [0.25, 0.3) is 55.6 Å². The first-order chi connectivity index (χ1) is 71.7. The van der Waals surface area contributed by atoms with E-state index in [1.165, 1.54) is 11.3 Å². The highest BCUT2D eigenvalue weighted by Crippen LogP contribution is 2.42. The minimum Gasteiger partial charge on any atom is -0.393 e. The number of nitrogens with one attached hydrogen (secondary N) is 13. The summed E-state index contributed by atoms with van der Waals surface area (Å²) in [6.45, 7) is 10.9. The largest absolute Gasteiger partial charge is 0.393 e. The van der Waals surface area contributed by atoms with E-state index in [4.69, 9.17) is 4.98 Å². The van der Waals surface area contributed by atoms with Crippen LogP contribution in [-0.2, 0) is 57.5 Å². The number of benzene rings is 4. The van der Waals surface area contributed by atoms with Gasteiger partial charge in [-0.15, -0.1) is 10.2 Å². The van der Waals surface area contributed by atoms with E-state index in [0.717, 1.165) is 171 Å². The average Bonchev–Trinajstić information content (AvgIpc) is 1.63. The molecular weight excluding hydrogens is 1940 g/mol. The summed E-state index contributed by atoms with van der Waals surface area (Å²) >= 11 is 3.60. The molecule has 9 heterocycles. The predicted molar refractivity (Wildman–Crippen MR) is 573 cm³/mol. The number of thiazole rings is 1. The molecule has 12 atom stereocenters. The monoisotopic (exact) mass is 2080 g/mol. The average molecular weight is 2080 g/mol. The van der Waals surface area contributed by atoms with Crippen LogP contribution in [0.5, 0.6) is 0 Å². The Morgan fingerprint density at radius 1 is 0.385 bits per heavy atom. The summed E-state index contributed by atoms with van der Waals surface area (Å²) in [4.78, 5) is 176. The number of aromatic amines is 1. The van der Waals surface area contributed by atoms with Crippen LogP contribution < -0.4 is 63.8 Å². The zero-order valence-corrected chi connectivity index (χ0v) is 88.5. The van der Waals surface area contributed by atoms with Gasteiger partial charge in [-0.3, -0.25) is 67.6 Å². The highest BCUT2D eigenvalue weighted by molar-refractivity contribution is 7.19. The Hall–Kier alpha value is -12.6. The smallest absolute Gasteiger partial charge is 0.248 e. The van der Waals surface area contributed by atoms with Gasteiger partial charge in [0.25, 0.3) is 0 Å². The summed E-state index contributed by atoms with van der Waals surface area (Å²) in [7, 11) is 6.86. The van der Waals surface area contributed by atoms with Crippen molar-refractivity contribution in [2.24, 2.45) is 23.7 Å². The molecule has 9 aromatic rings. The summed E-state index contributed by atoms with van der Waals surface area (Å²) in [5.74, 6) is -1.64. The quantitative estimate of drug-likeness (QED) is 0.0178. The third-order valence-corrected chi connectivity index (χ3v) is 32.3. The minimum atomic E-state index is -0.737. The zero-order valence-electron chi connectivity index (χ0n) is 86.1. The number of hydrogen-bond donors (Lipinski definition) is 14. The number of aliphatic hydroxyl groups excluding tert-OH is 1. The lowest BCUT2D eigenvalue weighted by atomic mass is 9.81. The molecule has 0 bridgehead atoms. The van der Waals surface area contributed by atoms with Crippen molar-refractivity contribution in [3.63, 3.8) is 0 Å². The third kappa shape index (κ3) is 28.7. The Morgan fingerprint density at radius 3 is 1.13 bits per heavy atom. The van der Waals surface area contributed by atoms with Crippen LogP contribution in [0.3, 0.4) is 0 Å². The highest BCUT2D eigenvalue weighted by atomic mass is 32.1. The molecule has 4 saturated heterocycles. The molecular formula is C108H144N24O13S3. The van der Waals surface area contributed by atoms with Gasteiger partial charge in [-0.25, -0.2) is 4.98 Å². The fraction of sp³-hybridized carbons (Fsp3) is 0.528. The van der Waals surface area contributed by atoms with E-state index in [9.17, 15) is 62.6 Å². The number of rotatable bonds is 34. The molecule has 37 nitrogen and oxygen atoms in total. The summed E-state index contributed by atoms with van der Waals surface area (Å²) in [6, 6.07) is 37.5. The van der Waals surface area contributed by atoms with Crippen molar-refractivity contribution in [3.8, 4) is 55.6 Å². The molecule has 4 aromatic carbocycles. The number of carbonyl (C=O) groups is 12. The van der Waals surface area contributed by atoms with Crippen molar-refractivity contribution in [1.29, 1.82) is 0 Å². The van der Waals surface area contributed by atoms with E-state index in [1.807, 2.05) is 146 Å². The fourth-order valence-electron chi connectivity index (χ4n) is 21.1. The number of aliphatic hydroxyl groups is 1. The molecule has 792 valence electrons. The first-order valence-electron chi connectivity index (χ1n) is 52.6. The van der Waals surface area contributed by atoms with Crippen LogP contribution in [0, 0.1) is 30.6 Å². The number of aromatic nitrogens is 8. The molecule has 12 amide bonds. The standard InChI is InChI=1S/C31H38N6O3S.C27H38N6O3.C25H34N6O4S.C25H34N6O3S/c1-20(32-2)27(38)34-26(22-14-7-4-8-15-22)31(40)37-19-11-17-24(37)28(39)36-30-25(21-12-5-3-6-13-21)35-29(41-30)23-16-9-10-18-33-23;1-17-22(19-11-6-4-7-12-19)24(32-31-17)30-26(35)21-15-10-16-33(21)27(36)23(20-13-8-5-9-14-20)29-25(34)18(2)28-3;1-15(26-2)22(33)27-21(17-10-12-18(32)13-11-17)25(35)31-14-6-9-19(31)23(34)28-24-20(29-30-36-24)16-7-4-3-5-8-16;1-16(26-2)22(32)27-19(15-17-9-6-7-10-17)25(34)31-14-8-13-20(31)23(33)28-24-21(29-30-35-24)18-11-4-3-5-12-18/h3,5-6,9-10,12-13,16,18,20,22,24,26,32H,4,7-8,11,14-15,17,19H2,1-2H3,(H,34,38)(H,36,39);4,6-7,11-12,18,20-21,23,28H,5,8-10,13-16H2,1-3H3,(H,29,34)(H2,30,31,32,35);3-5,7-8,15,17-19,21,26,32H,6,9-14H2,1-2H3,(H,27,33)(H,28,34);3-5,11-12,16-17,19-20,26H,6-10,13-15H2,1-2H3,(H,27,32)(H,28,33)/t20-,24-,26-;18-,21-,23-;15-,17?,18?,19-,21-;16-,19-,20-/m0000/s1. The second kappa shape index (κ2) is 54.6. The topological polar surface area (TPSA) is 488 Å². The Kier molecular flexibility index (Phi) is 41.0. The fourth-order valence-corrected chi connectivity index (χ4v) is 23.3. The third-order valence-electron chi connectivity index (χ3n) is 30.1. The summed E-state index contributed by atoms with van der Waals surface area (Å²) < 4.78 is 8.03. The molecule has 5 aromatic heterocycles. The maximum Gasteiger partial charge on any atom is 0.248 e. The van der Waals surface area contributed by atoms with Gasteiger partial charge in [0.15, 0.2) is 5.82 Å². The highest BCUT2D eigenvalue weighted by Gasteiger charge is 2.47. The van der Waals surface area contributed by atoms with Crippen molar-refractivity contribution in [2.45, 2.75) is 287 Å². The Morgan fingerprint density at radius 2 is 0.736 bits per heavy atom. The molecule has 8 fully saturated rings. The number of carbonyl (C=O) groups excluding carboxylic acids is 12. The number of anilines is 4. The Bertz CT molecular complexity index is 5900. The molecule has 0 spiro atoms. The van der Waals surface area contributed by atoms with Crippen molar-refractivity contribution < 1.29 is 62.6 Å². The van der Waals surface area contributed by atoms with E-state index in [1.54, 1.807) is 81.7 Å². The molecule has 4 aliphatic carbocycles. The normalized spacial score (nSPS) is 20.6. The van der Waals surface area contributed by atoms with Gasteiger partial charge >= 0.3 is 0 Å². The number of aryl methyl sites for hydroxylation is 1. The molecule has 0 radical (unpaired) electrons. The van der Waals surface area contributed by atoms with E-state index in [-0.39, 0.29) is 94.7 Å². The van der Waals surface area contributed by atoms with Crippen LogP contribution in [0.4, 0.5) is 20.8 Å². The summed E-state index contributed by atoms with van der Waals surface area (Å²) in [5.41, 5.74) is 7.88. The molecule has 4 saturated carbocycles. The van der Waals surface area contributed by atoms with Gasteiger partial charge in [0.2, 0.25) is 70.9 Å².